The van der Waals surface area contributed by atoms with Gasteiger partial charge in [-0.1, -0.05) is 26.7 Å². The zero-order chi connectivity index (χ0) is 19.7. The summed E-state index contributed by atoms with van der Waals surface area (Å²) in [5.74, 6) is -2.20. The molecule has 0 amide bonds. The second kappa shape index (κ2) is 8.69. The van der Waals surface area contributed by atoms with Crippen molar-refractivity contribution >= 4 is 5.97 Å². The molecule has 156 valence electrons. The number of ether oxygens (including phenoxy) is 1. The number of hydrogen-bond acceptors (Lipinski definition) is 2. The van der Waals surface area contributed by atoms with Crippen LogP contribution in [-0.4, -0.2) is 36.8 Å². The summed E-state index contributed by atoms with van der Waals surface area (Å²) in [5, 5.41) is 0. The van der Waals surface area contributed by atoms with Crippen molar-refractivity contribution in [1.29, 1.82) is 0 Å². The fourth-order valence-corrected chi connectivity index (χ4v) is 5.23. The maximum Gasteiger partial charge on any atom is 0.315 e. The highest BCUT2D eigenvalue weighted by Crippen LogP contribution is 2.44. The molecule has 0 spiro atoms. The van der Waals surface area contributed by atoms with Crippen molar-refractivity contribution in [1.82, 2.24) is 0 Å². The van der Waals surface area contributed by atoms with Crippen LogP contribution in [0.5, 0.6) is 0 Å². The Morgan fingerprint density at radius 3 is 1.78 bits per heavy atom. The highest BCUT2D eigenvalue weighted by molar-refractivity contribution is 5.74. The summed E-state index contributed by atoms with van der Waals surface area (Å²) in [5.41, 5.74) is 0. The summed E-state index contributed by atoms with van der Waals surface area (Å²) < 4.78 is 62.2. The van der Waals surface area contributed by atoms with Crippen molar-refractivity contribution in [3.05, 3.63) is 0 Å². The molecule has 0 heterocycles. The van der Waals surface area contributed by atoms with Gasteiger partial charge in [-0.2, -0.15) is 0 Å². The van der Waals surface area contributed by atoms with E-state index in [0.717, 1.165) is 25.7 Å². The predicted octanol–water partition coefficient (Wildman–Crippen LogP) is 5.53. The molecule has 0 aromatic carbocycles. The van der Waals surface area contributed by atoms with Crippen LogP contribution in [0.25, 0.3) is 0 Å². The van der Waals surface area contributed by atoms with E-state index in [9.17, 15) is 22.4 Å². The number of carbonyl (C=O) groups excluding carboxylic acids is 1. The third-order valence-corrected chi connectivity index (χ3v) is 7.23. The molecule has 6 heteroatoms. The molecule has 3 rings (SSSR count). The zero-order valence-corrected chi connectivity index (χ0v) is 16.3. The van der Waals surface area contributed by atoms with E-state index < -0.39 is 48.6 Å². The zero-order valence-electron chi connectivity index (χ0n) is 16.3. The minimum absolute atomic E-state index is 0.0347. The molecular weight excluding hydrogens is 360 g/mol. The monoisotopic (exact) mass is 392 g/mol. The standard InChI is InChI=1S/C21H32F4O2/c1-11-3-5-13(6-4-11)14-7-18(24)20(19(25)8-14)21(26)27-15-9-16(22)12(2)17(23)10-15/h11-20H,3-10H2,1-2H3. The fourth-order valence-electron chi connectivity index (χ4n) is 5.23. The topological polar surface area (TPSA) is 26.3 Å². The number of hydrogen-bond donors (Lipinski definition) is 0. The first-order valence-corrected chi connectivity index (χ1v) is 10.5. The lowest BCUT2D eigenvalue weighted by Gasteiger charge is -2.40. The van der Waals surface area contributed by atoms with Crippen LogP contribution in [0.2, 0.25) is 0 Å². The first kappa shape index (κ1) is 20.9. The molecule has 0 aliphatic heterocycles. The third-order valence-electron chi connectivity index (χ3n) is 7.23. The van der Waals surface area contributed by atoms with Gasteiger partial charge in [-0.25, -0.2) is 17.6 Å². The number of esters is 1. The molecule has 0 saturated heterocycles. The van der Waals surface area contributed by atoms with Crippen LogP contribution in [0.1, 0.15) is 65.2 Å². The van der Waals surface area contributed by atoms with E-state index in [1.807, 2.05) is 0 Å². The maximum absolute atomic E-state index is 14.7. The van der Waals surface area contributed by atoms with E-state index >= 15 is 0 Å². The van der Waals surface area contributed by atoms with E-state index in [1.54, 1.807) is 0 Å². The summed E-state index contributed by atoms with van der Waals surface area (Å²) in [6.07, 6.45) is -2.58. The van der Waals surface area contributed by atoms with Gasteiger partial charge in [0.15, 0.2) is 0 Å². The summed E-state index contributed by atoms with van der Waals surface area (Å²) in [6, 6.07) is 0. The van der Waals surface area contributed by atoms with Crippen molar-refractivity contribution in [3.63, 3.8) is 0 Å². The summed E-state index contributed by atoms with van der Waals surface area (Å²) in [6.45, 7) is 3.69. The van der Waals surface area contributed by atoms with Crippen molar-refractivity contribution in [2.75, 3.05) is 0 Å². The Balaban J connectivity index is 1.55. The highest BCUT2D eigenvalue weighted by Gasteiger charge is 2.47. The Kier molecular flexibility index (Phi) is 6.73. The number of halogens is 4. The van der Waals surface area contributed by atoms with E-state index in [1.165, 1.54) is 6.92 Å². The third kappa shape index (κ3) is 4.79. The predicted molar refractivity (Wildman–Crippen MR) is 95.2 cm³/mol. The summed E-state index contributed by atoms with van der Waals surface area (Å²) in [7, 11) is 0. The van der Waals surface area contributed by atoms with Gasteiger partial charge in [0.2, 0.25) is 0 Å². The molecule has 2 nitrogen and oxygen atoms in total. The molecule has 3 fully saturated rings. The van der Waals surface area contributed by atoms with Gasteiger partial charge in [0, 0.05) is 18.8 Å². The van der Waals surface area contributed by atoms with Crippen molar-refractivity contribution in [3.8, 4) is 0 Å². The van der Waals surface area contributed by atoms with E-state index in [2.05, 4.69) is 6.92 Å². The lowest BCUT2D eigenvalue weighted by molar-refractivity contribution is -0.167. The summed E-state index contributed by atoms with van der Waals surface area (Å²) >= 11 is 0. The largest absolute Gasteiger partial charge is 0.462 e. The molecule has 3 saturated carbocycles. The molecule has 4 atom stereocenters. The number of rotatable bonds is 3. The molecule has 0 N–H and O–H groups in total. The minimum Gasteiger partial charge on any atom is -0.462 e. The van der Waals surface area contributed by atoms with Gasteiger partial charge < -0.3 is 4.74 Å². The van der Waals surface area contributed by atoms with E-state index in [4.69, 9.17) is 4.74 Å². The first-order chi connectivity index (χ1) is 12.8. The second-order valence-corrected chi connectivity index (χ2v) is 9.23. The molecule has 0 radical (unpaired) electrons. The quantitative estimate of drug-likeness (QED) is 0.466. The highest BCUT2D eigenvalue weighted by atomic mass is 19.2. The van der Waals surface area contributed by atoms with Crippen LogP contribution in [0.15, 0.2) is 0 Å². The van der Waals surface area contributed by atoms with Gasteiger partial charge in [0.25, 0.3) is 0 Å². The van der Waals surface area contributed by atoms with Crippen molar-refractivity contribution in [2.24, 2.45) is 29.6 Å². The van der Waals surface area contributed by atoms with Gasteiger partial charge in [-0.05, 0) is 43.4 Å². The van der Waals surface area contributed by atoms with Crippen LogP contribution >= 0.6 is 0 Å². The maximum atomic E-state index is 14.7. The normalized spacial score (nSPS) is 48.8. The SMILES string of the molecule is CC1CCC(C2CC(F)C(C(=O)OC3CC(F)C(C)C(F)C3)C(F)C2)CC1. The van der Waals surface area contributed by atoms with Crippen LogP contribution in [0.3, 0.4) is 0 Å². The summed E-state index contributed by atoms with van der Waals surface area (Å²) in [4.78, 5) is 12.4. The van der Waals surface area contributed by atoms with Crippen LogP contribution in [-0.2, 0) is 9.53 Å². The molecule has 0 aromatic heterocycles. The van der Waals surface area contributed by atoms with Crippen LogP contribution < -0.4 is 0 Å². The lowest BCUT2D eigenvalue weighted by Crippen LogP contribution is -2.46. The first-order valence-electron chi connectivity index (χ1n) is 10.5. The van der Waals surface area contributed by atoms with Gasteiger partial charge in [0.1, 0.15) is 36.7 Å². The fraction of sp³-hybridized carbons (Fsp3) is 0.952. The second-order valence-electron chi connectivity index (χ2n) is 9.23. The van der Waals surface area contributed by atoms with E-state index in [0.29, 0.717) is 11.8 Å². The number of carbonyl (C=O) groups is 1. The van der Waals surface area contributed by atoms with E-state index in [-0.39, 0.29) is 31.6 Å². The Hall–Kier alpha value is -0.810. The smallest absolute Gasteiger partial charge is 0.315 e. The minimum atomic E-state index is -1.59. The average Bonchev–Trinajstić information content (AvgIpc) is 2.59. The van der Waals surface area contributed by atoms with Gasteiger partial charge in [-0.3, -0.25) is 4.79 Å². The van der Waals surface area contributed by atoms with Gasteiger partial charge >= 0.3 is 5.97 Å². The lowest BCUT2D eigenvalue weighted by atomic mass is 9.68. The Bertz CT molecular complexity index is 484. The average molecular weight is 392 g/mol. The van der Waals surface area contributed by atoms with Crippen molar-refractivity contribution < 1.29 is 27.1 Å². The molecule has 3 aliphatic carbocycles. The Morgan fingerprint density at radius 1 is 0.741 bits per heavy atom. The molecule has 4 unspecified atom stereocenters. The van der Waals surface area contributed by atoms with Crippen molar-refractivity contribution in [2.45, 2.75) is 96.0 Å². The van der Waals surface area contributed by atoms with Crippen LogP contribution in [0.4, 0.5) is 17.6 Å². The van der Waals surface area contributed by atoms with Crippen LogP contribution in [0, 0.1) is 29.6 Å². The van der Waals surface area contributed by atoms with Gasteiger partial charge in [-0.15, -0.1) is 0 Å². The Morgan fingerprint density at radius 2 is 1.26 bits per heavy atom. The molecule has 0 bridgehead atoms. The Labute approximate surface area is 159 Å². The molecule has 0 aromatic rings. The number of alkyl halides is 4. The molecule has 27 heavy (non-hydrogen) atoms. The molecule has 3 aliphatic rings. The molecular formula is C21H32F4O2. The van der Waals surface area contributed by atoms with Gasteiger partial charge in [0.05, 0.1) is 0 Å².